The van der Waals surface area contributed by atoms with Gasteiger partial charge >= 0.3 is 0 Å². The van der Waals surface area contributed by atoms with Crippen molar-refractivity contribution in [2.24, 2.45) is 0 Å². The summed E-state index contributed by atoms with van der Waals surface area (Å²) in [4.78, 5) is 6.63. The van der Waals surface area contributed by atoms with Gasteiger partial charge in [0, 0.05) is 11.1 Å². The second-order valence-corrected chi connectivity index (χ2v) is 5.09. The van der Waals surface area contributed by atoms with E-state index in [0.29, 0.717) is 12.8 Å². The first kappa shape index (κ1) is 17.4. The first-order valence-corrected chi connectivity index (χ1v) is 6.80. The lowest BCUT2D eigenvalue weighted by molar-refractivity contribution is 0.533. The molecule has 0 N–H and O–H groups in total. The summed E-state index contributed by atoms with van der Waals surface area (Å²) in [6.07, 6.45) is 4.44. The molecule has 0 aliphatic heterocycles. The van der Waals surface area contributed by atoms with Crippen LogP contribution in [0, 0.1) is 45.9 Å². The topological polar surface area (TPSA) is 73.4 Å². The number of nitriles is 2. The predicted octanol–water partition coefficient (Wildman–Crippen LogP) is 3.34. The number of hydrogen-bond acceptors (Lipinski definition) is 4. The molecule has 0 unspecified atom stereocenters. The molecule has 4 nitrogen and oxygen atoms in total. The van der Waals surface area contributed by atoms with E-state index < -0.39 is 28.7 Å². The Morgan fingerprint density at radius 3 is 1.71 bits per heavy atom. The molecule has 1 aliphatic rings. The summed E-state index contributed by atoms with van der Waals surface area (Å²) in [6.45, 7) is 0. The molecule has 0 atom stereocenters. The van der Waals surface area contributed by atoms with Gasteiger partial charge in [0.05, 0.1) is 48.8 Å². The highest BCUT2D eigenvalue weighted by Gasteiger charge is 2.48. The van der Waals surface area contributed by atoms with Gasteiger partial charge in [-0.1, -0.05) is 0 Å². The summed E-state index contributed by atoms with van der Waals surface area (Å²) in [5.74, 6) is -2.99. The molecule has 1 aliphatic carbocycles. The number of halogens is 4. The van der Waals surface area contributed by atoms with Crippen LogP contribution in [-0.4, -0.2) is 9.97 Å². The van der Waals surface area contributed by atoms with Crippen molar-refractivity contribution in [3.63, 3.8) is 0 Å². The summed E-state index contributed by atoms with van der Waals surface area (Å²) in [7, 11) is 0. The maximum absolute atomic E-state index is 13.1. The van der Waals surface area contributed by atoms with Gasteiger partial charge in [-0.15, -0.1) is 0 Å². The average Bonchev–Trinajstić information content (AvgIpc) is 3.33. The van der Waals surface area contributed by atoms with E-state index in [9.17, 15) is 17.6 Å². The minimum absolute atomic E-state index is 0.120. The van der Waals surface area contributed by atoms with Crippen LogP contribution < -0.4 is 0 Å². The Bertz CT molecular complexity index is 794. The van der Waals surface area contributed by atoms with Crippen LogP contribution in [0.1, 0.15) is 24.0 Å². The molecule has 0 aromatic carbocycles. The summed E-state index contributed by atoms with van der Waals surface area (Å²) in [5.41, 5.74) is -1.26. The van der Waals surface area contributed by atoms with Crippen molar-refractivity contribution >= 4 is 0 Å². The van der Waals surface area contributed by atoms with Crippen molar-refractivity contribution in [2.45, 2.75) is 24.7 Å². The smallest absolute Gasteiger partial charge is 0.149 e. The lowest BCUT2D eigenvalue weighted by atomic mass is 9.98. The molecule has 24 heavy (non-hydrogen) atoms. The highest BCUT2D eigenvalue weighted by Crippen LogP contribution is 2.49. The van der Waals surface area contributed by atoms with Crippen LogP contribution in [0.15, 0.2) is 24.8 Å². The fraction of sp³-hybridized carbons (Fsp3) is 0.250. The molecule has 1 saturated carbocycles. The number of pyridine rings is 2. The van der Waals surface area contributed by atoms with Crippen molar-refractivity contribution < 1.29 is 17.6 Å². The fourth-order valence-electron chi connectivity index (χ4n) is 2.10. The monoisotopic (exact) mass is 334 g/mol. The molecule has 0 radical (unpaired) electrons. The van der Waals surface area contributed by atoms with Gasteiger partial charge in [0.25, 0.3) is 0 Å². The summed E-state index contributed by atoms with van der Waals surface area (Å²) >= 11 is 0. The highest BCUT2D eigenvalue weighted by atomic mass is 19.1. The van der Waals surface area contributed by atoms with E-state index in [1.165, 1.54) is 0 Å². The SMILES string of the molecule is N#CC1(c2c(F)cncc2F)CC1.N#CCc1c(F)cncc1F. The van der Waals surface area contributed by atoms with E-state index >= 15 is 0 Å². The summed E-state index contributed by atoms with van der Waals surface area (Å²) in [5, 5.41) is 16.9. The molecular formula is C16H10F4N4. The van der Waals surface area contributed by atoms with Crippen LogP contribution in [0.5, 0.6) is 0 Å². The Morgan fingerprint density at radius 2 is 1.33 bits per heavy atom. The zero-order chi connectivity index (χ0) is 17.7. The molecule has 2 aromatic rings. The van der Waals surface area contributed by atoms with Crippen molar-refractivity contribution in [1.82, 2.24) is 9.97 Å². The second kappa shape index (κ2) is 7.05. The quantitative estimate of drug-likeness (QED) is 0.790. The molecule has 8 heteroatoms. The van der Waals surface area contributed by atoms with E-state index in [1.54, 1.807) is 6.07 Å². The Kier molecular flexibility index (Phi) is 5.10. The molecule has 2 heterocycles. The van der Waals surface area contributed by atoms with Crippen LogP contribution >= 0.6 is 0 Å². The van der Waals surface area contributed by atoms with E-state index in [0.717, 1.165) is 24.8 Å². The number of rotatable bonds is 2. The zero-order valence-corrected chi connectivity index (χ0v) is 12.2. The zero-order valence-electron chi connectivity index (χ0n) is 12.2. The van der Waals surface area contributed by atoms with E-state index in [4.69, 9.17) is 10.5 Å². The van der Waals surface area contributed by atoms with Gasteiger partial charge in [-0.3, -0.25) is 9.97 Å². The Labute approximate surface area is 135 Å². The van der Waals surface area contributed by atoms with Crippen LogP contribution in [0.4, 0.5) is 17.6 Å². The van der Waals surface area contributed by atoms with Crippen LogP contribution in [0.2, 0.25) is 0 Å². The Balaban J connectivity index is 0.000000177. The van der Waals surface area contributed by atoms with Gasteiger partial charge in [0.1, 0.15) is 23.3 Å². The van der Waals surface area contributed by atoms with E-state index in [2.05, 4.69) is 9.97 Å². The Morgan fingerprint density at radius 1 is 0.875 bits per heavy atom. The summed E-state index contributed by atoms with van der Waals surface area (Å²) in [6, 6.07) is 3.60. The molecule has 3 rings (SSSR count). The molecular weight excluding hydrogens is 324 g/mol. The van der Waals surface area contributed by atoms with Gasteiger partial charge in [-0.25, -0.2) is 17.6 Å². The molecule has 0 amide bonds. The van der Waals surface area contributed by atoms with Crippen molar-refractivity contribution in [2.75, 3.05) is 0 Å². The van der Waals surface area contributed by atoms with E-state index in [-0.39, 0.29) is 17.5 Å². The predicted molar refractivity (Wildman–Crippen MR) is 74.1 cm³/mol. The number of nitrogens with zero attached hydrogens (tertiary/aromatic N) is 4. The van der Waals surface area contributed by atoms with Gasteiger partial charge in [0.15, 0.2) is 0 Å². The fourth-order valence-corrected chi connectivity index (χ4v) is 2.10. The van der Waals surface area contributed by atoms with Crippen LogP contribution in [0.3, 0.4) is 0 Å². The van der Waals surface area contributed by atoms with Crippen molar-refractivity contribution in [3.8, 4) is 12.1 Å². The summed E-state index contributed by atoms with van der Waals surface area (Å²) < 4.78 is 51.4. The van der Waals surface area contributed by atoms with Crippen LogP contribution in [0.25, 0.3) is 0 Å². The molecule has 1 fully saturated rings. The lowest BCUT2D eigenvalue weighted by Crippen LogP contribution is -2.09. The van der Waals surface area contributed by atoms with Gasteiger partial charge in [-0.05, 0) is 12.8 Å². The maximum Gasteiger partial charge on any atom is 0.149 e. The molecule has 0 bridgehead atoms. The van der Waals surface area contributed by atoms with Gasteiger partial charge in [-0.2, -0.15) is 10.5 Å². The van der Waals surface area contributed by atoms with Crippen LogP contribution in [-0.2, 0) is 11.8 Å². The third-order valence-electron chi connectivity index (χ3n) is 3.50. The highest BCUT2D eigenvalue weighted by molar-refractivity contribution is 5.39. The number of hydrogen-bond donors (Lipinski definition) is 0. The van der Waals surface area contributed by atoms with Gasteiger partial charge in [0.2, 0.25) is 0 Å². The lowest BCUT2D eigenvalue weighted by Gasteiger charge is -2.07. The normalized spacial score (nSPS) is 13.9. The van der Waals surface area contributed by atoms with Gasteiger partial charge < -0.3 is 0 Å². The largest absolute Gasteiger partial charge is 0.259 e. The molecule has 122 valence electrons. The molecule has 0 saturated heterocycles. The molecule has 0 spiro atoms. The molecule has 2 aromatic heterocycles. The Hall–Kier alpha value is -3.00. The number of aromatic nitrogens is 2. The minimum Gasteiger partial charge on any atom is -0.259 e. The maximum atomic E-state index is 13.1. The van der Waals surface area contributed by atoms with Crippen molar-refractivity contribution in [1.29, 1.82) is 10.5 Å². The third-order valence-corrected chi connectivity index (χ3v) is 3.50. The third kappa shape index (κ3) is 3.49. The minimum atomic E-state index is -0.920. The average molecular weight is 334 g/mol. The van der Waals surface area contributed by atoms with Crippen molar-refractivity contribution in [3.05, 3.63) is 59.2 Å². The second-order valence-electron chi connectivity index (χ2n) is 5.09. The standard InChI is InChI=1S/C9H6F2N2.C7H4F2N2/c10-6-3-13-4-7(11)8(6)9(5-12)1-2-9;8-6-3-11-4-7(9)5(6)1-2-10/h3-4H,1-2H2;3-4H,1H2. The first-order chi connectivity index (χ1) is 11.4. The van der Waals surface area contributed by atoms with E-state index in [1.807, 2.05) is 6.07 Å². The first-order valence-electron chi connectivity index (χ1n) is 6.80.